The van der Waals surface area contributed by atoms with E-state index in [4.69, 9.17) is 4.42 Å². The smallest absolute Gasteiger partial charge is 0.302 e. The monoisotopic (exact) mass is 321 g/mol. The van der Waals surface area contributed by atoms with Crippen LogP contribution in [0.3, 0.4) is 0 Å². The van der Waals surface area contributed by atoms with Crippen molar-refractivity contribution in [3.63, 3.8) is 0 Å². The van der Waals surface area contributed by atoms with E-state index in [2.05, 4.69) is 32.3 Å². The Labute approximate surface area is 139 Å². The second-order valence-corrected chi connectivity index (χ2v) is 6.17. The van der Waals surface area contributed by atoms with Crippen LogP contribution in [0.2, 0.25) is 0 Å². The van der Waals surface area contributed by atoms with E-state index in [1.165, 1.54) is 5.56 Å². The molecular weight excluding hydrogens is 302 g/mol. The maximum Gasteiger partial charge on any atom is 0.302 e. The van der Waals surface area contributed by atoms with E-state index >= 15 is 0 Å². The molecule has 0 bridgehead atoms. The Bertz CT molecular complexity index is 1010. The van der Waals surface area contributed by atoms with Crippen LogP contribution in [0, 0.1) is 0 Å². The van der Waals surface area contributed by atoms with Crippen LogP contribution in [0.1, 0.15) is 5.56 Å². The average molecular weight is 321 g/mol. The van der Waals surface area contributed by atoms with E-state index in [0.717, 1.165) is 28.7 Å². The van der Waals surface area contributed by atoms with Crippen LogP contribution in [0.5, 0.6) is 0 Å². The molecule has 24 heavy (non-hydrogen) atoms. The minimum absolute atomic E-state index is 0.449. The van der Waals surface area contributed by atoms with Crippen LogP contribution in [-0.4, -0.2) is 33.5 Å². The lowest BCUT2D eigenvalue weighted by Gasteiger charge is -2.08. The van der Waals surface area contributed by atoms with E-state index in [-0.39, 0.29) is 0 Å². The number of fused-ring (bicyclic) bond motifs is 2. The second kappa shape index (κ2) is 5.65. The van der Waals surface area contributed by atoms with Crippen molar-refractivity contribution < 1.29 is 4.42 Å². The Morgan fingerprint density at radius 2 is 1.92 bits per heavy atom. The Morgan fingerprint density at radius 3 is 2.71 bits per heavy atom. The first-order valence-corrected chi connectivity index (χ1v) is 7.83. The number of oxazole rings is 1. The average Bonchev–Trinajstić information content (AvgIpc) is 3.08. The van der Waals surface area contributed by atoms with Crippen LogP contribution in [0.15, 0.2) is 46.9 Å². The molecule has 4 aromatic rings. The van der Waals surface area contributed by atoms with Gasteiger partial charge in [0.1, 0.15) is 5.52 Å². The van der Waals surface area contributed by atoms with Gasteiger partial charge >= 0.3 is 6.01 Å². The number of aromatic nitrogens is 3. The molecule has 0 fully saturated rings. The van der Waals surface area contributed by atoms with Gasteiger partial charge in [0.05, 0.1) is 11.0 Å². The zero-order chi connectivity index (χ0) is 16.7. The minimum Gasteiger partial charge on any atom is -0.423 e. The van der Waals surface area contributed by atoms with Gasteiger partial charge in [0.25, 0.3) is 0 Å². The zero-order valence-electron chi connectivity index (χ0n) is 13.9. The summed E-state index contributed by atoms with van der Waals surface area (Å²) in [6.07, 6.45) is 0. The molecule has 0 unspecified atom stereocenters. The summed E-state index contributed by atoms with van der Waals surface area (Å²) in [5.41, 5.74) is 4.81. The number of aryl methyl sites for hydroxylation is 1. The van der Waals surface area contributed by atoms with E-state index in [9.17, 15) is 0 Å². The van der Waals surface area contributed by atoms with Crippen molar-refractivity contribution in [1.29, 1.82) is 0 Å². The van der Waals surface area contributed by atoms with Crippen LogP contribution in [0.25, 0.3) is 22.1 Å². The van der Waals surface area contributed by atoms with Gasteiger partial charge in [-0.15, -0.1) is 0 Å². The molecule has 122 valence electrons. The highest BCUT2D eigenvalue weighted by molar-refractivity contribution is 5.80. The lowest BCUT2D eigenvalue weighted by molar-refractivity contribution is 0.402. The van der Waals surface area contributed by atoms with Gasteiger partial charge in [-0.3, -0.25) is 5.32 Å². The summed E-state index contributed by atoms with van der Waals surface area (Å²) in [5.74, 6) is 0.705. The molecule has 2 aromatic carbocycles. The summed E-state index contributed by atoms with van der Waals surface area (Å²) in [5, 5.41) is 3.17. The van der Waals surface area contributed by atoms with Gasteiger partial charge in [0.15, 0.2) is 5.58 Å². The molecule has 0 radical (unpaired) electrons. The number of hydrogen-bond donors (Lipinski definition) is 1. The fourth-order valence-corrected chi connectivity index (χ4v) is 2.84. The van der Waals surface area contributed by atoms with Gasteiger partial charge in [-0.05, 0) is 43.9 Å². The number of rotatable bonds is 4. The molecular formula is C18H19N5O. The lowest BCUT2D eigenvalue weighted by atomic mass is 10.2. The molecule has 0 atom stereocenters. The Morgan fingerprint density at radius 1 is 1.08 bits per heavy atom. The van der Waals surface area contributed by atoms with Crippen molar-refractivity contribution in [2.45, 2.75) is 6.54 Å². The zero-order valence-corrected chi connectivity index (χ0v) is 13.9. The predicted octanol–water partition coefficient (Wildman–Crippen LogP) is 3.52. The molecule has 1 N–H and O–H groups in total. The van der Waals surface area contributed by atoms with Gasteiger partial charge < -0.3 is 13.9 Å². The van der Waals surface area contributed by atoms with E-state index < -0.39 is 0 Å². The topological polar surface area (TPSA) is 59.1 Å². The summed E-state index contributed by atoms with van der Waals surface area (Å²) >= 11 is 0. The second-order valence-electron chi connectivity index (χ2n) is 6.17. The predicted molar refractivity (Wildman–Crippen MR) is 95.4 cm³/mol. The molecule has 0 aliphatic heterocycles. The summed E-state index contributed by atoms with van der Waals surface area (Å²) in [6.45, 7) is 0.871. The lowest BCUT2D eigenvalue weighted by Crippen LogP contribution is -2.10. The number of anilines is 2. The fraction of sp³-hybridized carbons (Fsp3) is 0.222. The standard InChI is InChI=1S/C18H19N5O/c1-22(2)11-12-8-9-16-14(10-12)20-18(24-16)21-17-19-13-6-4-5-7-15(13)23(17)3/h4-10H,11H2,1-3H3,(H,19,20,21). The molecule has 0 saturated heterocycles. The third-order valence-corrected chi connectivity index (χ3v) is 3.96. The number of benzene rings is 2. The Kier molecular flexibility index (Phi) is 3.46. The molecule has 0 aliphatic rings. The van der Waals surface area contributed by atoms with Crippen molar-refractivity contribution >= 4 is 34.1 Å². The molecule has 4 rings (SSSR count). The third kappa shape index (κ3) is 2.61. The number of para-hydroxylation sites is 2. The largest absolute Gasteiger partial charge is 0.423 e. The van der Waals surface area contributed by atoms with Crippen LogP contribution >= 0.6 is 0 Å². The van der Waals surface area contributed by atoms with Gasteiger partial charge in [-0.2, -0.15) is 4.98 Å². The number of nitrogens with one attached hydrogen (secondary N) is 1. The molecule has 0 aliphatic carbocycles. The van der Waals surface area contributed by atoms with Gasteiger partial charge in [-0.1, -0.05) is 18.2 Å². The van der Waals surface area contributed by atoms with Crippen molar-refractivity contribution in [3.8, 4) is 0 Å². The van der Waals surface area contributed by atoms with Gasteiger partial charge in [0.2, 0.25) is 5.95 Å². The first-order valence-electron chi connectivity index (χ1n) is 7.83. The van der Waals surface area contributed by atoms with Crippen LogP contribution < -0.4 is 5.32 Å². The highest BCUT2D eigenvalue weighted by Crippen LogP contribution is 2.25. The molecule has 6 nitrogen and oxygen atoms in total. The van der Waals surface area contributed by atoms with Gasteiger partial charge in [-0.25, -0.2) is 4.98 Å². The van der Waals surface area contributed by atoms with Crippen LogP contribution in [-0.2, 0) is 13.6 Å². The first kappa shape index (κ1) is 14.7. The maximum atomic E-state index is 5.79. The molecule has 0 spiro atoms. The number of hydrogen-bond acceptors (Lipinski definition) is 5. The van der Waals surface area contributed by atoms with Crippen molar-refractivity contribution in [3.05, 3.63) is 48.0 Å². The Hall–Kier alpha value is -2.86. The third-order valence-electron chi connectivity index (χ3n) is 3.96. The highest BCUT2D eigenvalue weighted by atomic mass is 16.4. The molecule has 0 saturated carbocycles. The molecule has 2 aromatic heterocycles. The van der Waals surface area contributed by atoms with Crippen molar-refractivity contribution in [1.82, 2.24) is 19.4 Å². The SMILES string of the molecule is CN(C)Cc1ccc2oc(Nc3nc4ccccc4n3C)nc2c1. The molecule has 2 heterocycles. The maximum absolute atomic E-state index is 5.79. The van der Waals surface area contributed by atoms with E-state index in [0.29, 0.717) is 12.0 Å². The summed E-state index contributed by atoms with van der Waals surface area (Å²) in [7, 11) is 6.06. The van der Waals surface area contributed by atoms with Crippen molar-refractivity contribution in [2.75, 3.05) is 19.4 Å². The van der Waals surface area contributed by atoms with Crippen LogP contribution in [0.4, 0.5) is 12.0 Å². The molecule has 6 heteroatoms. The molecule has 0 amide bonds. The van der Waals surface area contributed by atoms with Gasteiger partial charge in [0, 0.05) is 13.6 Å². The number of imidazole rings is 1. The normalized spacial score (nSPS) is 11.7. The minimum atomic E-state index is 0.449. The summed E-state index contributed by atoms with van der Waals surface area (Å²) < 4.78 is 7.78. The summed E-state index contributed by atoms with van der Waals surface area (Å²) in [6, 6.07) is 14.5. The quantitative estimate of drug-likeness (QED) is 0.623. The van der Waals surface area contributed by atoms with E-state index in [1.807, 2.05) is 56.0 Å². The number of nitrogens with zero attached hydrogens (tertiary/aromatic N) is 4. The highest BCUT2D eigenvalue weighted by Gasteiger charge is 2.12. The first-order chi connectivity index (χ1) is 11.6. The fourth-order valence-electron chi connectivity index (χ4n) is 2.84. The van der Waals surface area contributed by atoms with Crippen molar-refractivity contribution in [2.24, 2.45) is 7.05 Å². The van der Waals surface area contributed by atoms with E-state index in [1.54, 1.807) is 0 Å². The Balaban J connectivity index is 1.67. The summed E-state index contributed by atoms with van der Waals surface area (Å²) in [4.78, 5) is 11.2.